The summed E-state index contributed by atoms with van der Waals surface area (Å²) in [6, 6.07) is 71.2. The minimum atomic E-state index is 0.852. The summed E-state index contributed by atoms with van der Waals surface area (Å²) in [5.41, 5.74) is 12.8. The summed E-state index contributed by atoms with van der Waals surface area (Å²) in [5.74, 6) is 0. The van der Waals surface area contributed by atoms with Crippen LogP contribution in [-0.2, 0) is 0 Å². The zero-order valence-electron chi connectivity index (χ0n) is 30.4. The van der Waals surface area contributed by atoms with E-state index < -0.39 is 0 Å². The van der Waals surface area contributed by atoms with Crippen LogP contribution in [0, 0.1) is 0 Å². The number of nitrogens with zero attached hydrogens (tertiary/aromatic N) is 4. The lowest BCUT2D eigenvalue weighted by Crippen LogP contribution is -2.10. The molecule has 56 heavy (non-hydrogen) atoms. The number of hydrogen-bond acceptors (Lipinski definition) is 3. The Bertz CT molecular complexity index is 3220. The average molecular weight is 715 g/mol. The van der Waals surface area contributed by atoms with Gasteiger partial charge in [-0.2, -0.15) is 0 Å². The molecule has 262 valence electrons. The fourth-order valence-corrected chi connectivity index (χ4v) is 8.42. The predicted octanol–water partition coefficient (Wildman–Crippen LogP) is 13.8. The van der Waals surface area contributed by atoms with Gasteiger partial charge in [-0.1, -0.05) is 133 Å². The summed E-state index contributed by atoms with van der Waals surface area (Å²) < 4.78 is 2.36. The summed E-state index contributed by atoms with van der Waals surface area (Å²) in [4.78, 5) is 12.7. The van der Waals surface area contributed by atoms with Gasteiger partial charge in [-0.25, -0.2) is 4.98 Å². The van der Waals surface area contributed by atoms with Crippen LogP contribution in [0.15, 0.2) is 206 Å². The summed E-state index contributed by atoms with van der Waals surface area (Å²) >= 11 is 0. The van der Waals surface area contributed by atoms with Gasteiger partial charge in [-0.05, 0) is 88.6 Å². The van der Waals surface area contributed by atoms with E-state index in [-0.39, 0.29) is 0 Å². The maximum absolute atomic E-state index is 5.28. The molecule has 9 aromatic carbocycles. The molecule has 0 radical (unpaired) electrons. The average Bonchev–Trinajstić information content (AvgIpc) is 3.61. The van der Waals surface area contributed by atoms with Gasteiger partial charge in [0.25, 0.3) is 0 Å². The van der Waals surface area contributed by atoms with E-state index in [2.05, 4.69) is 210 Å². The number of hydrogen-bond donors (Lipinski definition) is 0. The highest BCUT2D eigenvalue weighted by Gasteiger charge is 2.18. The first-order valence-corrected chi connectivity index (χ1v) is 19.0. The van der Waals surface area contributed by atoms with Crippen molar-refractivity contribution in [1.82, 2.24) is 14.5 Å². The molecule has 0 amide bonds. The molecule has 0 spiro atoms. The lowest BCUT2D eigenvalue weighted by Gasteiger charge is -2.26. The molecule has 0 atom stereocenters. The second-order valence-electron chi connectivity index (χ2n) is 14.2. The highest BCUT2D eigenvalue weighted by Crippen LogP contribution is 2.41. The number of para-hydroxylation sites is 3. The van der Waals surface area contributed by atoms with Crippen LogP contribution in [0.3, 0.4) is 0 Å². The normalized spacial score (nSPS) is 11.6. The molecule has 0 saturated heterocycles. The molecular weight excluding hydrogens is 681 g/mol. The summed E-state index contributed by atoms with van der Waals surface area (Å²) in [6.07, 6.45) is 1.92. The third-order valence-corrected chi connectivity index (χ3v) is 11.0. The largest absolute Gasteiger partial charge is 0.310 e. The van der Waals surface area contributed by atoms with Gasteiger partial charge in [0, 0.05) is 49.9 Å². The quantitative estimate of drug-likeness (QED) is 0.161. The van der Waals surface area contributed by atoms with Crippen molar-refractivity contribution in [2.45, 2.75) is 0 Å². The van der Waals surface area contributed by atoms with Crippen LogP contribution in [0.4, 0.5) is 17.1 Å². The van der Waals surface area contributed by atoms with Crippen molar-refractivity contribution >= 4 is 71.4 Å². The number of fused-ring (bicyclic) bond motifs is 9. The lowest BCUT2D eigenvalue weighted by atomic mass is 9.98. The summed E-state index contributed by atoms with van der Waals surface area (Å²) in [6.45, 7) is 0. The second-order valence-corrected chi connectivity index (χ2v) is 14.2. The first kappa shape index (κ1) is 31.9. The van der Waals surface area contributed by atoms with Crippen LogP contribution in [-0.4, -0.2) is 14.5 Å². The van der Waals surface area contributed by atoms with Crippen molar-refractivity contribution in [1.29, 1.82) is 0 Å². The summed E-state index contributed by atoms with van der Waals surface area (Å²) in [5, 5.41) is 7.06. The van der Waals surface area contributed by atoms with E-state index in [1.807, 2.05) is 6.20 Å². The van der Waals surface area contributed by atoms with Crippen LogP contribution in [0.2, 0.25) is 0 Å². The van der Waals surface area contributed by atoms with Crippen LogP contribution < -0.4 is 4.90 Å². The Morgan fingerprint density at radius 1 is 0.357 bits per heavy atom. The lowest BCUT2D eigenvalue weighted by molar-refractivity contribution is 1.18. The number of benzene rings is 9. The van der Waals surface area contributed by atoms with Crippen LogP contribution in [0.1, 0.15) is 0 Å². The number of aromatic nitrogens is 3. The zero-order chi connectivity index (χ0) is 37.0. The van der Waals surface area contributed by atoms with Crippen LogP contribution in [0.5, 0.6) is 0 Å². The number of rotatable bonds is 6. The Kier molecular flexibility index (Phi) is 7.46. The standard InChI is InChI=1S/C52H34N4/c1-3-18-38(19-4-1)55(41-29-30-50-47(33-41)44-25-11-12-28-49(44)56(50)39-20-5-2-6-21-39)40-22-14-16-36(32-40)35-15-13-17-37(31-35)48-34-53-51-45-26-9-7-23-42(45)43-24-8-10-27-46(43)52(51)54-48/h1-34H. The molecule has 11 rings (SSSR count). The Morgan fingerprint density at radius 3 is 1.68 bits per heavy atom. The first-order valence-electron chi connectivity index (χ1n) is 19.0. The molecular formula is C52H34N4. The Balaban J connectivity index is 1.02. The van der Waals surface area contributed by atoms with Gasteiger partial charge in [0.05, 0.1) is 34.0 Å². The van der Waals surface area contributed by atoms with Gasteiger partial charge < -0.3 is 9.47 Å². The molecule has 11 aromatic rings. The maximum atomic E-state index is 5.28. The van der Waals surface area contributed by atoms with Gasteiger partial charge in [-0.15, -0.1) is 0 Å². The minimum Gasteiger partial charge on any atom is -0.310 e. The molecule has 0 aliphatic rings. The van der Waals surface area contributed by atoms with Crippen LogP contribution in [0.25, 0.3) is 82.5 Å². The van der Waals surface area contributed by atoms with Gasteiger partial charge in [-0.3, -0.25) is 4.98 Å². The third kappa shape index (κ3) is 5.23. The van der Waals surface area contributed by atoms with Gasteiger partial charge in [0.2, 0.25) is 0 Å². The van der Waals surface area contributed by atoms with E-state index in [0.717, 1.165) is 66.9 Å². The predicted molar refractivity (Wildman–Crippen MR) is 234 cm³/mol. The van der Waals surface area contributed by atoms with Crippen molar-refractivity contribution < 1.29 is 0 Å². The van der Waals surface area contributed by atoms with E-state index in [1.54, 1.807) is 0 Å². The molecule has 0 aliphatic heterocycles. The van der Waals surface area contributed by atoms with Crippen molar-refractivity contribution in [3.05, 3.63) is 206 Å². The topological polar surface area (TPSA) is 34.0 Å². The van der Waals surface area contributed by atoms with E-state index in [9.17, 15) is 0 Å². The monoisotopic (exact) mass is 714 g/mol. The smallest absolute Gasteiger partial charge is 0.0979 e. The van der Waals surface area contributed by atoms with Gasteiger partial charge >= 0.3 is 0 Å². The Morgan fingerprint density at radius 2 is 0.911 bits per heavy atom. The molecule has 4 heteroatoms. The molecule has 0 aliphatic carbocycles. The molecule has 0 saturated carbocycles. The van der Waals surface area contributed by atoms with Crippen molar-refractivity contribution in [3.8, 4) is 28.1 Å². The van der Waals surface area contributed by atoms with E-state index >= 15 is 0 Å². The molecule has 4 nitrogen and oxygen atoms in total. The van der Waals surface area contributed by atoms with Gasteiger partial charge in [0.1, 0.15) is 0 Å². The maximum Gasteiger partial charge on any atom is 0.0979 e. The molecule has 0 N–H and O–H groups in total. The number of anilines is 3. The second kappa shape index (κ2) is 13.1. The molecule has 0 fully saturated rings. The van der Waals surface area contributed by atoms with E-state index in [4.69, 9.17) is 9.97 Å². The summed E-state index contributed by atoms with van der Waals surface area (Å²) in [7, 11) is 0. The molecule has 2 heterocycles. The Hall–Kier alpha value is -7.56. The first-order chi connectivity index (χ1) is 27.8. The molecule has 0 bridgehead atoms. The van der Waals surface area contributed by atoms with E-state index in [0.29, 0.717) is 0 Å². The molecule has 0 unspecified atom stereocenters. The zero-order valence-corrected chi connectivity index (χ0v) is 30.4. The van der Waals surface area contributed by atoms with Crippen molar-refractivity contribution in [2.75, 3.05) is 4.90 Å². The fraction of sp³-hybridized carbons (Fsp3) is 0. The SMILES string of the molecule is c1ccc(N(c2cccc(-c3cccc(-c4cnc5c6ccccc6c6ccccc6c5n4)c3)c2)c2ccc3c(c2)c2ccccc2n3-c2ccccc2)cc1. The fourth-order valence-electron chi connectivity index (χ4n) is 8.42. The van der Waals surface area contributed by atoms with E-state index in [1.165, 1.54) is 32.6 Å². The van der Waals surface area contributed by atoms with Gasteiger partial charge in [0.15, 0.2) is 0 Å². The van der Waals surface area contributed by atoms with Crippen molar-refractivity contribution in [3.63, 3.8) is 0 Å². The highest BCUT2D eigenvalue weighted by molar-refractivity contribution is 6.23. The van der Waals surface area contributed by atoms with Crippen LogP contribution >= 0.6 is 0 Å². The minimum absolute atomic E-state index is 0.852. The molecule has 2 aromatic heterocycles. The Labute approximate surface area is 324 Å². The van der Waals surface area contributed by atoms with Crippen molar-refractivity contribution in [2.24, 2.45) is 0 Å². The third-order valence-electron chi connectivity index (χ3n) is 11.0. The highest BCUT2D eigenvalue weighted by atomic mass is 15.1.